The number of esters is 1. The van der Waals surface area contributed by atoms with Crippen molar-refractivity contribution in [3.8, 4) is 0 Å². The van der Waals surface area contributed by atoms with Gasteiger partial charge in [-0.25, -0.2) is 4.79 Å². The number of methoxy groups -OCH3 is 1. The van der Waals surface area contributed by atoms with Gasteiger partial charge in [0.05, 0.1) is 31.7 Å². The van der Waals surface area contributed by atoms with Crippen LogP contribution in [0, 0.1) is 0 Å². The monoisotopic (exact) mass is 257 g/mol. The van der Waals surface area contributed by atoms with Crippen LogP contribution >= 0.6 is 0 Å². The van der Waals surface area contributed by atoms with Crippen molar-refractivity contribution in [2.45, 2.75) is 13.5 Å². The molecule has 0 aliphatic rings. The molecule has 0 amide bonds. The largest absolute Gasteiger partial charge is 0.458 e. The Kier molecular flexibility index (Phi) is 6.16. The van der Waals surface area contributed by atoms with E-state index < -0.39 is 5.97 Å². The standard InChI is InChI=1S/C11H19N3O4/c1-3-14-10(9(12)8-13-14)11(15)18-7-6-17-5-4-16-2/h8H,3-7,12H2,1-2H3. The molecule has 7 heteroatoms. The van der Waals surface area contributed by atoms with Crippen LogP contribution in [0.2, 0.25) is 0 Å². The number of aromatic nitrogens is 2. The first-order valence-corrected chi connectivity index (χ1v) is 5.75. The highest BCUT2D eigenvalue weighted by molar-refractivity contribution is 5.93. The fourth-order valence-corrected chi connectivity index (χ4v) is 1.37. The fourth-order valence-electron chi connectivity index (χ4n) is 1.37. The molecule has 0 radical (unpaired) electrons. The van der Waals surface area contributed by atoms with Gasteiger partial charge >= 0.3 is 5.97 Å². The molecular formula is C11H19N3O4. The number of nitrogens with zero attached hydrogens (tertiary/aromatic N) is 2. The minimum atomic E-state index is -0.484. The highest BCUT2D eigenvalue weighted by Gasteiger charge is 2.17. The predicted octanol–water partition coefficient (Wildman–Crippen LogP) is 0.305. The van der Waals surface area contributed by atoms with Crippen LogP contribution in [0.25, 0.3) is 0 Å². The maximum atomic E-state index is 11.8. The van der Waals surface area contributed by atoms with E-state index in [9.17, 15) is 4.79 Å². The minimum absolute atomic E-state index is 0.177. The number of hydrogen-bond donors (Lipinski definition) is 1. The second kappa shape index (κ2) is 7.67. The zero-order valence-electron chi connectivity index (χ0n) is 10.7. The zero-order chi connectivity index (χ0) is 13.4. The summed E-state index contributed by atoms with van der Waals surface area (Å²) < 4.78 is 16.5. The van der Waals surface area contributed by atoms with Crippen molar-refractivity contribution >= 4 is 11.7 Å². The summed E-state index contributed by atoms with van der Waals surface area (Å²) in [6.45, 7) is 3.93. The van der Waals surface area contributed by atoms with Crippen molar-refractivity contribution in [2.24, 2.45) is 0 Å². The lowest BCUT2D eigenvalue weighted by Crippen LogP contribution is -2.17. The van der Waals surface area contributed by atoms with Crippen LogP contribution in [0.15, 0.2) is 6.20 Å². The van der Waals surface area contributed by atoms with Crippen molar-refractivity contribution in [3.05, 3.63) is 11.9 Å². The van der Waals surface area contributed by atoms with Gasteiger partial charge in [0.15, 0.2) is 5.69 Å². The van der Waals surface area contributed by atoms with Crippen molar-refractivity contribution < 1.29 is 19.0 Å². The van der Waals surface area contributed by atoms with E-state index in [4.69, 9.17) is 19.9 Å². The van der Waals surface area contributed by atoms with Gasteiger partial charge in [0.2, 0.25) is 0 Å². The number of aryl methyl sites for hydroxylation is 1. The molecule has 102 valence electrons. The summed E-state index contributed by atoms with van der Waals surface area (Å²) in [7, 11) is 1.60. The van der Waals surface area contributed by atoms with E-state index in [1.165, 1.54) is 10.9 Å². The Bertz CT molecular complexity index is 378. The summed E-state index contributed by atoms with van der Waals surface area (Å²) in [5, 5.41) is 3.97. The topological polar surface area (TPSA) is 88.6 Å². The molecule has 0 aliphatic heterocycles. The van der Waals surface area contributed by atoms with Gasteiger partial charge < -0.3 is 19.9 Å². The molecule has 0 saturated carbocycles. The van der Waals surface area contributed by atoms with Crippen LogP contribution in [0.4, 0.5) is 5.69 Å². The average molecular weight is 257 g/mol. The molecule has 0 saturated heterocycles. The number of anilines is 1. The molecule has 0 unspecified atom stereocenters. The third-order valence-electron chi connectivity index (χ3n) is 2.25. The molecule has 0 aliphatic carbocycles. The number of carbonyl (C=O) groups is 1. The molecule has 1 heterocycles. The second-order valence-electron chi connectivity index (χ2n) is 3.51. The van der Waals surface area contributed by atoms with Crippen LogP contribution < -0.4 is 5.73 Å². The predicted molar refractivity (Wildman–Crippen MR) is 65.3 cm³/mol. The Hall–Kier alpha value is -1.60. The number of nitrogens with two attached hydrogens (primary N) is 1. The Morgan fingerprint density at radius 3 is 2.78 bits per heavy atom. The first kappa shape index (κ1) is 14.5. The molecular weight excluding hydrogens is 238 g/mol. The Balaban J connectivity index is 2.34. The van der Waals surface area contributed by atoms with Gasteiger partial charge in [0.25, 0.3) is 0 Å². The third-order valence-corrected chi connectivity index (χ3v) is 2.25. The van der Waals surface area contributed by atoms with Crippen molar-refractivity contribution in [1.82, 2.24) is 9.78 Å². The quantitative estimate of drug-likeness (QED) is 0.532. The van der Waals surface area contributed by atoms with E-state index in [0.717, 1.165) is 0 Å². The number of carbonyl (C=O) groups excluding carboxylic acids is 1. The maximum absolute atomic E-state index is 11.8. The van der Waals surface area contributed by atoms with Crippen molar-refractivity contribution in [1.29, 1.82) is 0 Å². The first-order chi connectivity index (χ1) is 8.70. The molecule has 7 nitrogen and oxygen atoms in total. The molecule has 1 rings (SSSR count). The smallest absolute Gasteiger partial charge is 0.358 e. The van der Waals surface area contributed by atoms with E-state index >= 15 is 0 Å². The first-order valence-electron chi connectivity index (χ1n) is 5.75. The fraction of sp³-hybridized carbons (Fsp3) is 0.636. The third kappa shape index (κ3) is 4.01. The molecule has 0 aromatic carbocycles. The number of ether oxygens (including phenoxy) is 3. The van der Waals surface area contributed by atoms with Crippen molar-refractivity contribution in [3.63, 3.8) is 0 Å². The summed E-state index contributed by atoms with van der Waals surface area (Å²) in [4.78, 5) is 11.8. The van der Waals surface area contributed by atoms with Gasteiger partial charge in [-0.3, -0.25) is 4.68 Å². The molecule has 18 heavy (non-hydrogen) atoms. The van der Waals surface area contributed by atoms with Gasteiger partial charge in [-0.1, -0.05) is 0 Å². The Morgan fingerprint density at radius 1 is 1.39 bits per heavy atom. The van der Waals surface area contributed by atoms with E-state index in [1.54, 1.807) is 7.11 Å². The zero-order valence-corrected chi connectivity index (χ0v) is 10.7. The SMILES string of the molecule is CCn1ncc(N)c1C(=O)OCCOCCOC. The lowest BCUT2D eigenvalue weighted by Gasteiger charge is -2.07. The summed E-state index contributed by atoms with van der Waals surface area (Å²) >= 11 is 0. The van der Waals surface area contributed by atoms with Crippen LogP contribution in [0.5, 0.6) is 0 Å². The van der Waals surface area contributed by atoms with Gasteiger partial charge in [0, 0.05) is 13.7 Å². The number of hydrogen-bond acceptors (Lipinski definition) is 6. The van der Waals surface area contributed by atoms with E-state index in [2.05, 4.69) is 5.10 Å². The van der Waals surface area contributed by atoms with Crippen LogP contribution in [-0.4, -0.2) is 49.3 Å². The second-order valence-corrected chi connectivity index (χ2v) is 3.51. The maximum Gasteiger partial charge on any atom is 0.358 e. The van der Waals surface area contributed by atoms with Gasteiger partial charge in [-0.05, 0) is 6.92 Å². The van der Waals surface area contributed by atoms with E-state index in [-0.39, 0.29) is 12.3 Å². The summed E-state index contributed by atoms with van der Waals surface area (Å²) in [6.07, 6.45) is 1.44. The molecule has 0 atom stereocenters. The summed E-state index contributed by atoms with van der Waals surface area (Å²) in [5.41, 5.74) is 6.26. The molecule has 0 fully saturated rings. The number of rotatable bonds is 8. The van der Waals surface area contributed by atoms with E-state index in [0.29, 0.717) is 32.1 Å². The average Bonchev–Trinajstić information content (AvgIpc) is 2.74. The summed E-state index contributed by atoms with van der Waals surface area (Å²) in [6, 6.07) is 0. The minimum Gasteiger partial charge on any atom is -0.458 e. The lowest BCUT2D eigenvalue weighted by molar-refractivity contribution is 0.0206. The Labute approximate surface area is 106 Å². The Morgan fingerprint density at radius 2 is 2.11 bits per heavy atom. The molecule has 1 aromatic heterocycles. The van der Waals surface area contributed by atoms with Crippen LogP contribution in [-0.2, 0) is 20.8 Å². The van der Waals surface area contributed by atoms with Gasteiger partial charge in [-0.2, -0.15) is 5.10 Å². The molecule has 2 N–H and O–H groups in total. The highest BCUT2D eigenvalue weighted by atomic mass is 16.6. The van der Waals surface area contributed by atoms with Gasteiger partial charge in [-0.15, -0.1) is 0 Å². The van der Waals surface area contributed by atoms with Gasteiger partial charge in [0.1, 0.15) is 6.61 Å². The molecule has 0 bridgehead atoms. The molecule has 1 aromatic rings. The van der Waals surface area contributed by atoms with Crippen molar-refractivity contribution in [2.75, 3.05) is 39.3 Å². The lowest BCUT2D eigenvalue weighted by atomic mass is 10.4. The molecule has 0 spiro atoms. The highest BCUT2D eigenvalue weighted by Crippen LogP contribution is 2.11. The summed E-state index contributed by atoms with van der Waals surface area (Å²) in [5.74, 6) is -0.484. The van der Waals surface area contributed by atoms with Crippen LogP contribution in [0.3, 0.4) is 0 Å². The normalized spacial score (nSPS) is 10.6. The number of nitrogen functional groups attached to an aromatic ring is 1. The van der Waals surface area contributed by atoms with E-state index in [1.807, 2.05) is 6.92 Å². The van der Waals surface area contributed by atoms with Crippen LogP contribution in [0.1, 0.15) is 17.4 Å².